The van der Waals surface area contributed by atoms with E-state index in [2.05, 4.69) is 26.2 Å². The fourth-order valence-corrected chi connectivity index (χ4v) is 1.21. The largest absolute Gasteiger partial charge is 0.323 e. The molecule has 0 bridgehead atoms. The molecule has 0 spiro atoms. The third-order valence-corrected chi connectivity index (χ3v) is 2.25. The monoisotopic (exact) mass is 262 g/mol. The minimum atomic E-state index is -0.241. The molecule has 0 aliphatic heterocycles. The molecule has 1 N–H and O–H groups in total. The molecule has 0 unspecified atom stereocenters. The van der Waals surface area contributed by atoms with Gasteiger partial charge in [0, 0.05) is 6.20 Å². The Kier molecular flexibility index (Phi) is 3.69. The van der Waals surface area contributed by atoms with Crippen molar-refractivity contribution in [2.75, 3.05) is 11.2 Å². The Balaban J connectivity index is 2.87. The first kappa shape index (κ1) is 10.5. The zero-order valence-electron chi connectivity index (χ0n) is 6.97. The van der Waals surface area contributed by atoms with Gasteiger partial charge in [-0.2, -0.15) is 0 Å². The van der Waals surface area contributed by atoms with Gasteiger partial charge in [0.25, 0.3) is 0 Å². The van der Waals surface area contributed by atoms with Gasteiger partial charge >= 0.3 is 0 Å². The van der Waals surface area contributed by atoms with Gasteiger partial charge in [-0.3, -0.25) is 4.79 Å². The topological polar surface area (TPSA) is 42.0 Å². The molecular weight excluding hydrogens is 255 g/mol. The number of anilines is 1. The fourth-order valence-electron chi connectivity index (χ4n) is 0.824. The number of hydrogen-bond donors (Lipinski definition) is 1. The molecule has 0 radical (unpaired) electrons. The van der Waals surface area contributed by atoms with E-state index in [-0.39, 0.29) is 11.8 Å². The molecule has 1 rings (SSSR count). The summed E-state index contributed by atoms with van der Waals surface area (Å²) in [5, 5.41) is 2.62. The SMILES string of the molecule is Cc1cnc(Br)c(NC(=O)CCl)c1. The van der Waals surface area contributed by atoms with Crippen molar-refractivity contribution >= 4 is 39.1 Å². The minimum Gasteiger partial charge on any atom is -0.323 e. The number of rotatable bonds is 2. The maximum absolute atomic E-state index is 11.0. The van der Waals surface area contributed by atoms with E-state index in [4.69, 9.17) is 11.6 Å². The number of aryl methyl sites for hydroxylation is 1. The van der Waals surface area contributed by atoms with E-state index < -0.39 is 0 Å². The second-order valence-corrected chi connectivity index (χ2v) is 3.55. The highest BCUT2D eigenvalue weighted by molar-refractivity contribution is 9.10. The summed E-state index contributed by atoms with van der Waals surface area (Å²) in [7, 11) is 0. The molecular formula is C8H8BrClN2O. The van der Waals surface area contributed by atoms with Gasteiger partial charge in [0.05, 0.1) is 5.69 Å². The molecule has 0 fully saturated rings. The van der Waals surface area contributed by atoms with E-state index in [1.165, 1.54) is 0 Å². The van der Waals surface area contributed by atoms with Crippen molar-refractivity contribution in [3.63, 3.8) is 0 Å². The number of aromatic nitrogens is 1. The highest BCUT2D eigenvalue weighted by atomic mass is 79.9. The Morgan fingerprint density at radius 2 is 2.46 bits per heavy atom. The lowest BCUT2D eigenvalue weighted by Gasteiger charge is -2.05. The van der Waals surface area contributed by atoms with Crippen LogP contribution >= 0.6 is 27.5 Å². The molecule has 1 aromatic heterocycles. The molecule has 1 aromatic rings. The number of amides is 1. The standard InChI is InChI=1S/C8H8BrClN2O/c1-5-2-6(8(9)11-4-5)12-7(13)3-10/h2,4H,3H2,1H3,(H,12,13). The summed E-state index contributed by atoms with van der Waals surface area (Å²) in [5.74, 6) is -0.296. The molecule has 0 saturated heterocycles. The van der Waals surface area contributed by atoms with Crippen molar-refractivity contribution in [1.29, 1.82) is 0 Å². The van der Waals surface area contributed by atoms with Crippen LogP contribution in [0.25, 0.3) is 0 Å². The lowest BCUT2D eigenvalue weighted by Crippen LogP contribution is -2.13. The number of hydrogen-bond acceptors (Lipinski definition) is 2. The average molecular weight is 264 g/mol. The van der Waals surface area contributed by atoms with Gasteiger partial charge in [-0.15, -0.1) is 11.6 Å². The van der Waals surface area contributed by atoms with E-state index in [0.29, 0.717) is 10.3 Å². The molecule has 5 heteroatoms. The summed E-state index contributed by atoms with van der Waals surface area (Å²) in [5.41, 5.74) is 1.62. The molecule has 1 heterocycles. The molecule has 0 atom stereocenters. The Morgan fingerprint density at radius 1 is 1.77 bits per heavy atom. The molecule has 0 saturated carbocycles. The summed E-state index contributed by atoms with van der Waals surface area (Å²) in [6.07, 6.45) is 1.71. The average Bonchev–Trinajstić information content (AvgIpc) is 2.11. The number of alkyl halides is 1. The maximum atomic E-state index is 11.0. The van der Waals surface area contributed by atoms with Gasteiger partial charge < -0.3 is 5.32 Å². The Morgan fingerprint density at radius 3 is 3.08 bits per heavy atom. The predicted octanol–water partition coefficient (Wildman–Crippen LogP) is 2.33. The Bertz CT molecular complexity index is 330. The van der Waals surface area contributed by atoms with Gasteiger partial charge in [-0.25, -0.2) is 4.98 Å². The lowest BCUT2D eigenvalue weighted by atomic mass is 10.3. The van der Waals surface area contributed by atoms with E-state index in [1.807, 2.05) is 13.0 Å². The van der Waals surface area contributed by atoms with Gasteiger partial charge in [0.1, 0.15) is 10.5 Å². The number of pyridine rings is 1. The van der Waals surface area contributed by atoms with Crippen molar-refractivity contribution in [3.05, 3.63) is 22.4 Å². The summed E-state index contributed by atoms with van der Waals surface area (Å²) >= 11 is 8.57. The number of nitrogens with one attached hydrogen (secondary N) is 1. The second kappa shape index (κ2) is 4.58. The van der Waals surface area contributed by atoms with E-state index in [1.54, 1.807) is 6.20 Å². The third-order valence-electron chi connectivity index (χ3n) is 1.37. The smallest absolute Gasteiger partial charge is 0.239 e. The van der Waals surface area contributed by atoms with Crippen molar-refractivity contribution in [3.8, 4) is 0 Å². The number of nitrogens with zero attached hydrogens (tertiary/aromatic N) is 1. The first-order chi connectivity index (χ1) is 6.13. The zero-order valence-corrected chi connectivity index (χ0v) is 9.32. The summed E-state index contributed by atoms with van der Waals surface area (Å²) in [4.78, 5) is 15.0. The highest BCUT2D eigenvalue weighted by Gasteiger charge is 2.04. The molecule has 3 nitrogen and oxygen atoms in total. The summed E-state index contributed by atoms with van der Waals surface area (Å²) in [6.45, 7) is 1.90. The molecule has 0 aromatic carbocycles. The Labute approximate surface area is 89.6 Å². The molecule has 70 valence electrons. The van der Waals surface area contributed by atoms with Crippen LogP contribution in [-0.4, -0.2) is 16.8 Å². The van der Waals surface area contributed by atoms with Crippen LogP contribution in [0.5, 0.6) is 0 Å². The second-order valence-electron chi connectivity index (χ2n) is 2.53. The van der Waals surface area contributed by atoms with Crippen LogP contribution in [0.1, 0.15) is 5.56 Å². The molecule has 1 amide bonds. The minimum absolute atomic E-state index is 0.0552. The zero-order chi connectivity index (χ0) is 9.84. The van der Waals surface area contributed by atoms with Gasteiger partial charge in [-0.1, -0.05) is 0 Å². The quantitative estimate of drug-likeness (QED) is 0.657. The fraction of sp³-hybridized carbons (Fsp3) is 0.250. The van der Waals surface area contributed by atoms with Crippen molar-refractivity contribution in [2.24, 2.45) is 0 Å². The van der Waals surface area contributed by atoms with Crippen LogP contribution < -0.4 is 5.32 Å². The van der Waals surface area contributed by atoms with Crippen molar-refractivity contribution in [2.45, 2.75) is 6.92 Å². The van der Waals surface area contributed by atoms with Gasteiger partial charge in [0.2, 0.25) is 5.91 Å². The van der Waals surface area contributed by atoms with Crippen LogP contribution in [0.3, 0.4) is 0 Å². The number of carbonyl (C=O) groups is 1. The van der Waals surface area contributed by atoms with Gasteiger partial charge in [-0.05, 0) is 34.5 Å². The highest BCUT2D eigenvalue weighted by Crippen LogP contribution is 2.20. The van der Waals surface area contributed by atoms with Crippen LogP contribution in [0.2, 0.25) is 0 Å². The van der Waals surface area contributed by atoms with Crippen LogP contribution in [0.15, 0.2) is 16.9 Å². The summed E-state index contributed by atoms with van der Waals surface area (Å²) < 4.78 is 0.608. The third kappa shape index (κ3) is 2.97. The molecule has 0 aliphatic rings. The first-order valence-electron chi connectivity index (χ1n) is 3.61. The lowest BCUT2D eigenvalue weighted by molar-refractivity contribution is -0.113. The van der Waals surface area contributed by atoms with E-state index in [9.17, 15) is 4.79 Å². The molecule has 13 heavy (non-hydrogen) atoms. The van der Waals surface area contributed by atoms with E-state index >= 15 is 0 Å². The van der Waals surface area contributed by atoms with Crippen LogP contribution in [-0.2, 0) is 4.79 Å². The van der Waals surface area contributed by atoms with Gasteiger partial charge in [0.15, 0.2) is 0 Å². The predicted molar refractivity (Wildman–Crippen MR) is 56.0 cm³/mol. The molecule has 0 aliphatic carbocycles. The normalized spacial score (nSPS) is 9.77. The van der Waals surface area contributed by atoms with Crippen molar-refractivity contribution < 1.29 is 4.79 Å². The maximum Gasteiger partial charge on any atom is 0.239 e. The van der Waals surface area contributed by atoms with Crippen molar-refractivity contribution in [1.82, 2.24) is 4.98 Å². The summed E-state index contributed by atoms with van der Waals surface area (Å²) in [6, 6.07) is 1.82. The number of carbonyl (C=O) groups excluding carboxylic acids is 1. The van der Waals surface area contributed by atoms with Crippen LogP contribution in [0, 0.1) is 6.92 Å². The number of halogens is 2. The first-order valence-corrected chi connectivity index (χ1v) is 4.94. The van der Waals surface area contributed by atoms with E-state index in [0.717, 1.165) is 5.56 Å². The van der Waals surface area contributed by atoms with Crippen LogP contribution in [0.4, 0.5) is 5.69 Å². The Hall–Kier alpha value is -0.610.